The van der Waals surface area contributed by atoms with Crippen molar-refractivity contribution in [2.24, 2.45) is 0 Å². The van der Waals surface area contributed by atoms with E-state index in [-0.39, 0.29) is 6.42 Å². The quantitative estimate of drug-likeness (QED) is 0.825. The molecule has 0 radical (unpaired) electrons. The number of aliphatic carboxylic acids is 1. The Morgan fingerprint density at radius 3 is 2.94 bits per heavy atom. The molecule has 0 amide bonds. The van der Waals surface area contributed by atoms with Crippen LogP contribution in [0.5, 0.6) is 0 Å². The second-order valence-corrected chi connectivity index (χ2v) is 3.85. The monoisotopic (exact) mass is 222 g/mol. The van der Waals surface area contributed by atoms with Gasteiger partial charge in [0.15, 0.2) is 0 Å². The number of ether oxygens (including phenoxy) is 1. The van der Waals surface area contributed by atoms with Gasteiger partial charge < -0.3 is 9.84 Å². The molecule has 2 heterocycles. The molecule has 1 N–H and O–H groups in total. The molecule has 16 heavy (non-hydrogen) atoms. The average molecular weight is 222 g/mol. The molecule has 2 rings (SSSR count). The Labute approximate surface area is 93.5 Å². The number of hydrogen-bond donors (Lipinski definition) is 1. The average Bonchev–Trinajstić information content (AvgIpc) is 2.30. The Morgan fingerprint density at radius 2 is 2.25 bits per heavy atom. The van der Waals surface area contributed by atoms with Crippen LogP contribution in [-0.2, 0) is 16.0 Å². The summed E-state index contributed by atoms with van der Waals surface area (Å²) < 4.78 is 5.28. The van der Waals surface area contributed by atoms with E-state index in [1.165, 1.54) is 0 Å². The highest BCUT2D eigenvalue weighted by Gasteiger charge is 2.17. The second-order valence-electron chi connectivity index (χ2n) is 3.85. The summed E-state index contributed by atoms with van der Waals surface area (Å²) in [6.07, 6.45) is 3.42. The van der Waals surface area contributed by atoms with E-state index >= 15 is 0 Å². The third-order valence-electron chi connectivity index (χ3n) is 2.68. The summed E-state index contributed by atoms with van der Waals surface area (Å²) in [4.78, 5) is 18.8. The van der Waals surface area contributed by atoms with E-state index in [9.17, 15) is 4.79 Å². The van der Waals surface area contributed by atoms with Crippen molar-refractivity contribution in [3.63, 3.8) is 0 Å². The molecule has 1 fully saturated rings. The van der Waals surface area contributed by atoms with Crippen LogP contribution in [0.4, 0.5) is 0 Å². The highest BCUT2D eigenvalue weighted by molar-refractivity contribution is 5.68. The highest BCUT2D eigenvalue weighted by atomic mass is 16.5. The number of rotatable bonds is 3. The maximum absolute atomic E-state index is 10.6. The van der Waals surface area contributed by atoms with Crippen molar-refractivity contribution in [3.8, 4) is 0 Å². The summed E-state index contributed by atoms with van der Waals surface area (Å²) in [5, 5.41) is 8.67. The molecule has 0 aromatic carbocycles. The van der Waals surface area contributed by atoms with E-state index in [2.05, 4.69) is 9.97 Å². The maximum Gasteiger partial charge on any atom is 0.311 e. The fraction of sp³-hybridized carbons (Fsp3) is 0.545. The number of nitrogens with zero attached hydrogens (tertiary/aromatic N) is 2. The third kappa shape index (κ3) is 2.76. The lowest BCUT2D eigenvalue weighted by atomic mass is 9.96. The van der Waals surface area contributed by atoms with E-state index < -0.39 is 5.97 Å². The molecule has 1 aromatic rings. The van der Waals surface area contributed by atoms with Gasteiger partial charge in [-0.3, -0.25) is 4.79 Å². The first-order valence-electron chi connectivity index (χ1n) is 5.37. The van der Waals surface area contributed by atoms with Gasteiger partial charge in [-0.05, 0) is 18.9 Å². The molecule has 0 saturated carbocycles. The summed E-state index contributed by atoms with van der Waals surface area (Å²) in [6.45, 7) is 1.51. The molecular formula is C11H14N2O3. The number of hydrogen-bond acceptors (Lipinski definition) is 4. The summed E-state index contributed by atoms with van der Waals surface area (Å²) in [5.41, 5.74) is 0.939. The second kappa shape index (κ2) is 5.03. The highest BCUT2D eigenvalue weighted by Crippen LogP contribution is 2.24. The van der Waals surface area contributed by atoms with Crippen LogP contribution < -0.4 is 0 Å². The van der Waals surface area contributed by atoms with Gasteiger partial charge in [0.2, 0.25) is 0 Å². The first kappa shape index (κ1) is 11.0. The molecule has 1 aromatic heterocycles. The lowest BCUT2D eigenvalue weighted by molar-refractivity contribution is -0.136. The van der Waals surface area contributed by atoms with Gasteiger partial charge in [0, 0.05) is 31.0 Å². The Morgan fingerprint density at radius 1 is 1.50 bits per heavy atom. The van der Waals surface area contributed by atoms with Gasteiger partial charge in [-0.1, -0.05) is 0 Å². The van der Waals surface area contributed by atoms with Crippen LogP contribution in [0.25, 0.3) is 0 Å². The fourth-order valence-electron chi connectivity index (χ4n) is 1.86. The molecule has 0 bridgehead atoms. The van der Waals surface area contributed by atoms with Crippen LogP contribution in [0.15, 0.2) is 12.3 Å². The predicted octanol–water partition coefficient (Wildman–Crippen LogP) is 0.998. The van der Waals surface area contributed by atoms with Gasteiger partial charge in [0.05, 0.1) is 0 Å². The summed E-state index contributed by atoms with van der Waals surface area (Å²) in [5.74, 6) is -0.134. The van der Waals surface area contributed by atoms with E-state index in [1.807, 2.05) is 6.07 Å². The van der Waals surface area contributed by atoms with Gasteiger partial charge in [-0.2, -0.15) is 0 Å². The van der Waals surface area contributed by atoms with Crippen molar-refractivity contribution in [1.82, 2.24) is 9.97 Å². The molecule has 1 saturated heterocycles. The number of carbonyl (C=O) groups is 1. The lowest BCUT2D eigenvalue weighted by Gasteiger charge is -2.21. The zero-order valence-corrected chi connectivity index (χ0v) is 8.93. The van der Waals surface area contributed by atoms with Crippen LogP contribution >= 0.6 is 0 Å². The van der Waals surface area contributed by atoms with E-state index in [0.29, 0.717) is 11.7 Å². The van der Waals surface area contributed by atoms with Gasteiger partial charge in [0.1, 0.15) is 12.2 Å². The molecule has 0 spiro atoms. The standard InChI is InChI=1S/C11H14N2O3/c14-11(15)7-10-12-4-1-9(13-10)8-2-5-16-6-3-8/h1,4,8H,2-3,5-7H2,(H,14,15). The largest absolute Gasteiger partial charge is 0.481 e. The third-order valence-corrected chi connectivity index (χ3v) is 2.68. The Hall–Kier alpha value is -1.49. The summed E-state index contributed by atoms with van der Waals surface area (Å²) >= 11 is 0. The molecule has 5 heteroatoms. The van der Waals surface area contributed by atoms with Crippen LogP contribution in [0.1, 0.15) is 30.3 Å². The number of carboxylic acids is 1. The van der Waals surface area contributed by atoms with Gasteiger partial charge in [-0.15, -0.1) is 0 Å². The smallest absolute Gasteiger partial charge is 0.311 e. The zero-order chi connectivity index (χ0) is 11.4. The normalized spacial score (nSPS) is 17.2. The molecule has 0 unspecified atom stereocenters. The Bertz CT molecular complexity index is 375. The van der Waals surface area contributed by atoms with Crippen LogP contribution in [0.3, 0.4) is 0 Å². The van der Waals surface area contributed by atoms with Crippen LogP contribution in [-0.4, -0.2) is 34.3 Å². The van der Waals surface area contributed by atoms with E-state index in [1.54, 1.807) is 6.20 Å². The van der Waals surface area contributed by atoms with Gasteiger partial charge >= 0.3 is 5.97 Å². The predicted molar refractivity (Wildman–Crippen MR) is 56.2 cm³/mol. The first-order valence-corrected chi connectivity index (χ1v) is 5.37. The van der Waals surface area contributed by atoms with Crippen molar-refractivity contribution in [2.75, 3.05) is 13.2 Å². The molecule has 0 atom stereocenters. The molecule has 5 nitrogen and oxygen atoms in total. The molecule has 1 aliphatic rings. The number of carboxylic acid groups (broad SMARTS) is 1. The minimum Gasteiger partial charge on any atom is -0.481 e. The molecule has 86 valence electrons. The fourth-order valence-corrected chi connectivity index (χ4v) is 1.86. The topological polar surface area (TPSA) is 72.3 Å². The Kier molecular flexibility index (Phi) is 3.46. The summed E-state index contributed by atoms with van der Waals surface area (Å²) in [6, 6.07) is 1.86. The van der Waals surface area contributed by atoms with Gasteiger partial charge in [-0.25, -0.2) is 9.97 Å². The molecular weight excluding hydrogens is 208 g/mol. The first-order chi connectivity index (χ1) is 7.75. The number of aromatic nitrogens is 2. The van der Waals surface area contributed by atoms with Crippen molar-refractivity contribution in [1.29, 1.82) is 0 Å². The summed E-state index contributed by atoms with van der Waals surface area (Å²) in [7, 11) is 0. The Balaban J connectivity index is 2.11. The van der Waals surface area contributed by atoms with Crippen LogP contribution in [0, 0.1) is 0 Å². The molecule has 1 aliphatic heterocycles. The minimum atomic E-state index is -0.899. The van der Waals surface area contributed by atoms with Crippen molar-refractivity contribution in [3.05, 3.63) is 23.8 Å². The van der Waals surface area contributed by atoms with Crippen molar-refractivity contribution in [2.45, 2.75) is 25.2 Å². The van der Waals surface area contributed by atoms with Crippen molar-refractivity contribution < 1.29 is 14.6 Å². The SMILES string of the molecule is O=C(O)Cc1nccc(C2CCOCC2)n1. The zero-order valence-electron chi connectivity index (χ0n) is 8.93. The van der Waals surface area contributed by atoms with Gasteiger partial charge in [0.25, 0.3) is 0 Å². The van der Waals surface area contributed by atoms with E-state index in [4.69, 9.17) is 9.84 Å². The van der Waals surface area contributed by atoms with Crippen molar-refractivity contribution >= 4 is 5.97 Å². The minimum absolute atomic E-state index is 0.114. The van der Waals surface area contributed by atoms with E-state index in [0.717, 1.165) is 31.7 Å². The lowest BCUT2D eigenvalue weighted by Crippen LogP contribution is -2.16. The van der Waals surface area contributed by atoms with Crippen LogP contribution in [0.2, 0.25) is 0 Å². The maximum atomic E-state index is 10.6. The molecule has 0 aliphatic carbocycles.